The van der Waals surface area contributed by atoms with E-state index < -0.39 is 12.3 Å². The zero-order valence-electron chi connectivity index (χ0n) is 6.16. The van der Waals surface area contributed by atoms with Crippen molar-refractivity contribution in [3.63, 3.8) is 0 Å². The first kappa shape index (κ1) is 29.3. The summed E-state index contributed by atoms with van der Waals surface area (Å²) in [6.45, 7) is 0. The van der Waals surface area contributed by atoms with Gasteiger partial charge in [0.1, 0.15) is 0 Å². The minimum absolute atomic E-state index is 0. The minimum Gasteiger partial charge on any atom is -0.652 e. The zero-order valence-corrected chi connectivity index (χ0v) is 12.7. The van der Waals surface area contributed by atoms with Crippen LogP contribution >= 0.6 is 0 Å². The van der Waals surface area contributed by atoms with E-state index in [9.17, 15) is 0 Å². The zero-order chi connectivity index (χ0) is 7.15. The van der Waals surface area contributed by atoms with Crippen molar-refractivity contribution in [3.8, 4) is 0 Å². The molecule has 0 aromatic rings. The fourth-order valence-electron chi connectivity index (χ4n) is 0. The van der Waals surface area contributed by atoms with Gasteiger partial charge in [-0.1, -0.05) is 0 Å². The third kappa shape index (κ3) is 313. The van der Waals surface area contributed by atoms with Gasteiger partial charge in [0.2, 0.25) is 0 Å². The molecule has 0 radical (unpaired) electrons. The smallest absolute Gasteiger partial charge is 0.652 e. The molecule has 48 valence electrons. The maximum absolute atomic E-state index is 8.33. The second kappa shape index (κ2) is 22.7. The van der Waals surface area contributed by atoms with Gasteiger partial charge in [0, 0.05) is 0 Å². The molecule has 0 spiro atoms. The standard InChI is InChI=1S/2CH2O3.K.Mg.Na/c2*2-1(3)4;;;/h2*(H2,2,3,4);;;/q;;+1;+2;+1/p-4. The van der Waals surface area contributed by atoms with E-state index in [4.69, 9.17) is 30.0 Å². The van der Waals surface area contributed by atoms with Gasteiger partial charge in [0.25, 0.3) is 0 Å². The molecule has 0 rings (SSSR count). The predicted octanol–water partition coefficient (Wildman–Crippen LogP) is -11.3. The number of carbonyl (C=O) groups is 2. The van der Waals surface area contributed by atoms with E-state index in [1.54, 1.807) is 0 Å². The van der Waals surface area contributed by atoms with Crippen LogP contribution in [0.1, 0.15) is 0 Å². The third-order valence-electron chi connectivity index (χ3n) is 0. The molecule has 0 aliphatic carbocycles. The van der Waals surface area contributed by atoms with E-state index in [1.165, 1.54) is 0 Å². The molecule has 0 atom stereocenters. The summed E-state index contributed by atoms with van der Waals surface area (Å²) in [7, 11) is 0. The number of carboxylic acid groups (broad SMARTS) is 4. The van der Waals surface area contributed by atoms with Gasteiger partial charge in [-0.05, 0) is 12.3 Å². The summed E-state index contributed by atoms with van der Waals surface area (Å²) < 4.78 is 0. The van der Waals surface area contributed by atoms with Crippen LogP contribution in [0.25, 0.3) is 0 Å². The van der Waals surface area contributed by atoms with Gasteiger partial charge >= 0.3 is 104 Å². The van der Waals surface area contributed by atoms with E-state index in [0.29, 0.717) is 0 Å². The average molecular weight is 206 g/mol. The maximum Gasteiger partial charge on any atom is 2.00 e. The molecular weight excluding hydrogens is 206 g/mol. The van der Waals surface area contributed by atoms with Crippen LogP contribution in [-0.4, -0.2) is 35.4 Å². The fraction of sp³-hybridized carbons (Fsp3) is 0. The molecule has 0 bridgehead atoms. The van der Waals surface area contributed by atoms with Crippen molar-refractivity contribution in [1.82, 2.24) is 0 Å². The number of rotatable bonds is 0. The Morgan fingerprint density at radius 3 is 0.818 bits per heavy atom. The normalized spacial score (nSPS) is 4.36. The van der Waals surface area contributed by atoms with Crippen molar-refractivity contribution < 1.29 is 111 Å². The maximum atomic E-state index is 8.33. The van der Waals surface area contributed by atoms with Crippen LogP contribution < -0.4 is 101 Å². The molecular formula is C2KMgNaO6. The average Bonchev–Trinajstić information content (AvgIpc) is 1.25. The molecule has 0 saturated carbocycles. The van der Waals surface area contributed by atoms with E-state index in [0.717, 1.165) is 0 Å². The van der Waals surface area contributed by atoms with Crippen molar-refractivity contribution in [2.75, 3.05) is 0 Å². The Morgan fingerprint density at radius 1 is 0.818 bits per heavy atom. The number of hydrogen-bond donors (Lipinski definition) is 0. The SMILES string of the molecule is O=C([O-])[O-].O=C([O-])[O-].[K+].[Mg+2].[Na+]. The molecule has 0 aromatic heterocycles. The molecule has 0 saturated heterocycles. The van der Waals surface area contributed by atoms with Crippen LogP contribution in [0.15, 0.2) is 0 Å². The predicted molar refractivity (Wildman–Crippen MR) is 16.5 cm³/mol. The topological polar surface area (TPSA) is 126 Å². The van der Waals surface area contributed by atoms with Gasteiger partial charge in [0.15, 0.2) is 0 Å². The number of carbonyl (C=O) groups excluding carboxylic acids is 2. The Labute approximate surface area is 143 Å². The molecule has 9 heteroatoms. The van der Waals surface area contributed by atoms with Crippen molar-refractivity contribution in [1.29, 1.82) is 0 Å². The fourth-order valence-corrected chi connectivity index (χ4v) is 0. The quantitative estimate of drug-likeness (QED) is 0.362. The van der Waals surface area contributed by atoms with Crippen molar-refractivity contribution in [2.45, 2.75) is 0 Å². The molecule has 0 heterocycles. The first-order valence-corrected chi connectivity index (χ1v) is 1.22. The molecule has 0 unspecified atom stereocenters. The summed E-state index contributed by atoms with van der Waals surface area (Å²) in [5.74, 6) is 0. The summed E-state index contributed by atoms with van der Waals surface area (Å²) in [4.78, 5) is 16.7. The summed E-state index contributed by atoms with van der Waals surface area (Å²) in [6.07, 6.45) is -4.67. The Morgan fingerprint density at radius 2 is 0.818 bits per heavy atom. The third-order valence-corrected chi connectivity index (χ3v) is 0. The van der Waals surface area contributed by atoms with Crippen LogP contribution in [0.3, 0.4) is 0 Å². The summed E-state index contributed by atoms with van der Waals surface area (Å²) in [6, 6.07) is 0. The molecule has 0 aliphatic heterocycles. The van der Waals surface area contributed by atoms with Gasteiger partial charge in [-0.3, -0.25) is 0 Å². The van der Waals surface area contributed by atoms with Gasteiger partial charge in [-0.15, -0.1) is 0 Å². The second-order valence-corrected chi connectivity index (χ2v) is 0.500. The molecule has 0 aliphatic rings. The Kier molecular flexibility index (Phi) is 60.3. The molecule has 0 fully saturated rings. The monoisotopic (exact) mass is 206 g/mol. The van der Waals surface area contributed by atoms with Gasteiger partial charge in [0.05, 0.1) is 0 Å². The van der Waals surface area contributed by atoms with Crippen LogP contribution in [-0.2, 0) is 0 Å². The minimum atomic E-state index is -2.33. The number of hydrogen-bond acceptors (Lipinski definition) is 6. The molecule has 0 N–H and O–H groups in total. The van der Waals surface area contributed by atoms with E-state index >= 15 is 0 Å². The molecule has 11 heavy (non-hydrogen) atoms. The Hall–Kier alpha value is 1.94. The van der Waals surface area contributed by atoms with Crippen molar-refractivity contribution in [3.05, 3.63) is 0 Å². The largest absolute Gasteiger partial charge is 2.00 e. The first-order chi connectivity index (χ1) is 3.46. The molecule has 0 amide bonds. The van der Waals surface area contributed by atoms with Gasteiger partial charge < -0.3 is 30.0 Å². The van der Waals surface area contributed by atoms with Crippen LogP contribution in [0.5, 0.6) is 0 Å². The summed E-state index contributed by atoms with van der Waals surface area (Å²) in [5.41, 5.74) is 0. The van der Waals surface area contributed by atoms with Crippen LogP contribution in [0, 0.1) is 0 Å². The molecule has 6 nitrogen and oxygen atoms in total. The van der Waals surface area contributed by atoms with Gasteiger partial charge in [-0.25, -0.2) is 0 Å². The first-order valence-electron chi connectivity index (χ1n) is 1.22. The van der Waals surface area contributed by atoms with Crippen molar-refractivity contribution >= 4 is 35.4 Å². The second-order valence-electron chi connectivity index (χ2n) is 0.500. The van der Waals surface area contributed by atoms with Crippen molar-refractivity contribution in [2.24, 2.45) is 0 Å². The van der Waals surface area contributed by atoms with Crippen LogP contribution in [0.2, 0.25) is 0 Å². The van der Waals surface area contributed by atoms with Crippen LogP contribution in [0.4, 0.5) is 9.59 Å². The van der Waals surface area contributed by atoms with E-state index in [-0.39, 0.29) is 104 Å². The van der Waals surface area contributed by atoms with E-state index in [2.05, 4.69) is 0 Å². The summed E-state index contributed by atoms with van der Waals surface area (Å²) >= 11 is 0. The molecule has 0 aromatic carbocycles. The summed E-state index contributed by atoms with van der Waals surface area (Å²) in [5, 5.41) is 33.3. The Balaban J connectivity index is -0.0000000171. The van der Waals surface area contributed by atoms with Gasteiger partial charge in [-0.2, -0.15) is 0 Å². The Bertz CT molecular complexity index is 78.6. The van der Waals surface area contributed by atoms with E-state index in [1.807, 2.05) is 0 Å².